The standard InChI is InChI=1S/C19H17ClN2O4S/c20-15-8-7-14(12-17(15)22-18(23)9-11-27(22,25)26)19(24)21-10-3-5-13-4-1-2-6-16(13)21/h1-2,4,6-8,12H,3,5,9-11H2. The molecule has 1 fully saturated rings. The third-order valence-electron chi connectivity index (χ3n) is 4.85. The van der Waals surface area contributed by atoms with E-state index in [1.807, 2.05) is 24.3 Å². The zero-order chi connectivity index (χ0) is 19.2. The van der Waals surface area contributed by atoms with Gasteiger partial charge in [0.05, 0.1) is 16.5 Å². The lowest BCUT2D eigenvalue weighted by atomic mass is 10.0. The van der Waals surface area contributed by atoms with Crippen LogP contribution in [0.25, 0.3) is 0 Å². The van der Waals surface area contributed by atoms with Gasteiger partial charge in [0.1, 0.15) is 0 Å². The number of halogens is 1. The number of sulfonamides is 1. The van der Waals surface area contributed by atoms with Crippen molar-refractivity contribution in [3.05, 3.63) is 58.6 Å². The Morgan fingerprint density at radius 3 is 2.56 bits per heavy atom. The van der Waals surface area contributed by atoms with Crippen molar-refractivity contribution in [1.82, 2.24) is 0 Å². The molecule has 0 bridgehead atoms. The van der Waals surface area contributed by atoms with Gasteiger partial charge in [0.25, 0.3) is 5.91 Å². The van der Waals surface area contributed by atoms with Gasteiger partial charge in [0, 0.05) is 24.2 Å². The van der Waals surface area contributed by atoms with Crippen LogP contribution in [0.15, 0.2) is 42.5 Å². The van der Waals surface area contributed by atoms with Crippen molar-refractivity contribution in [2.75, 3.05) is 21.5 Å². The van der Waals surface area contributed by atoms with E-state index in [2.05, 4.69) is 0 Å². The number of hydrogen-bond acceptors (Lipinski definition) is 4. The predicted octanol–water partition coefficient (Wildman–Crippen LogP) is 3.00. The summed E-state index contributed by atoms with van der Waals surface area (Å²) in [6.07, 6.45) is 1.67. The molecule has 0 saturated carbocycles. The molecule has 2 aromatic rings. The van der Waals surface area contributed by atoms with Gasteiger partial charge in [-0.1, -0.05) is 29.8 Å². The molecule has 2 aromatic carbocycles. The maximum atomic E-state index is 13.1. The molecule has 0 spiro atoms. The van der Waals surface area contributed by atoms with E-state index in [1.165, 1.54) is 12.1 Å². The number of amides is 2. The fraction of sp³-hybridized carbons (Fsp3) is 0.263. The van der Waals surface area contributed by atoms with Crippen molar-refractivity contribution in [1.29, 1.82) is 0 Å². The highest BCUT2D eigenvalue weighted by Gasteiger charge is 2.38. The molecule has 0 aliphatic carbocycles. The highest BCUT2D eigenvalue weighted by atomic mass is 35.5. The third-order valence-corrected chi connectivity index (χ3v) is 6.84. The Hall–Kier alpha value is -2.38. The average Bonchev–Trinajstić information content (AvgIpc) is 2.94. The van der Waals surface area contributed by atoms with Crippen LogP contribution in [0, 0.1) is 0 Å². The van der Waals surface area contributed by atoms with Crippen LogP contribution >= 0.6 is 11.6 Å². The minimum Gasteiger partial charge on any atom is -0.308 e. The zero-order valence-corrected chi connectivity index (χ0v) is 16.0. The summed E-state index contributed by atoms with van der Waals surface area (Å²) in [5.41, 5.74) is 2.29. The van der Waals surface area contributed by atoms with Gasteiger partial charge in [-0.05, 0) is 42.7 Å². The minimum absolute atomic E-state index is 0.0373. The first-order valence-corrected chi connectivity index (χ1v) is 10.6. The van der Waals surface area contributed by atoms with Gasteiger partial charge in [-0.25, -0.2) is 12.7 Å². The molecular weight excluding hydrogens is 388 g/mol. The van der Waals surface area contributed by atoms with Gasteiger partial charge < -0.3 is 4.90 Å². The van der Waals surface area contributed by atoms with Crippen LogP contribution in [-0.4, -0.2) is 32.5 Å². The lowest BCUT2D eigenvalue weighted by Crippen LogP contribution is -2.36. The number of aryl methyl sites for hydroxylation is 1. The predicted molar refractivity (Wildman–Crippen MR) is 104 cm³/mol. The average molecular weight is 405 g/mol. The van der Waals surface area contributed by atoms with E-state index < -0.39 is 15.9 Å². The van der Waals surface area contributed by atoms with Crippen LogP contribution < -0.4 is 9.21 Å². The minimum atomic E-state index is -3.75. The van der Waals surface area contributed by atoms with Crippen LogP contribution in [0.1, 0.15) is 28.8 Å². The number of rotatable bonds is 2. The summed E-state index contributed by atoms with van der Waals surface area (Å²) in [7, 11) is -3.75. The zero-order valence-electron chi connectivity index (χ0n) is 14.4. The molecule has 0 unspecified atom stereocenters. The summed E-state index contributed by atoms with van der Waals surface area (Å²) in [6.45, 7) is 0.578. The maximum Gasteiger partial charge on any atom is 0.258 e. The van der Waals surface area contributed by atoms with Crippen molar-refractivity contribution in [3.8, 4) is 0 Å². The molecule has 1 saturated heterocycles. The van der Waals surface area contributed by atoms with E-state index in [0.717, 1.165) is 28.4 Å². The largest absolute Gasteiger partial charge is 0.308 e. The normalized spacial score (nSPS) is 18.5. The van der Waals surface area contributed by atoms with Crippen molar-refractivity contribution >= 4 is 44.8 Å². The lowest BCUT2D eigenvalue weighted by Gasteiger charge is -2.29. The lowest BCUT2D eigenvalue weighted by molar-refractivity contribution is -0.116. The summed E-state index contributed by atoms with van der Waals surface area (Å²) in [5, 5.41) is 0.115. The molecule has 0 aromatic heterocycles. The van der Waals surface area contributed by atoms with Gasteiger partial charge >= 0.3 is 0 Å². The van der Waals surface area contributed by atoms with Gasteiger partial charge in [0.2, 0.25) is 15.9 Å². The maximum absolute atomic E-state index is 13.1. The summed E-state index contributed by atoms with van der Waals surface area (Å²) < 4.78 is 25.2. The summed E-state index contributed by atoms with van der Waals surface area (Å²) >= 11 is 6.16. The molecule has 2 aliphatic rings. The second kappa shape index (κ2) is 6.65. The third kappa shape index (κ3) is 3.11. The number of anilines is 2. The molecule has 0 N–H and O–H groups in total. The van der Waals surface area contributed by atoms with Crippen LogP contribution in [0.3, 0.4) is 0 Å². The first-order chi connectivity index (χ1) is 12.9. The van der Waals surface area contributed by atoms with Crippen molar-refractivity contribution in [3.63, 3.8) is 0 Å². The Morgan fingerprint density at radius 1 is 1.04 bits per heavy atom. The second-order valence-corrected chi connectivity index (χ2v) is 8.92. The molecule has 2 aliphatic heterocycles. The monoisotopic (exact) mass is 404 g/mol. The number of nitrogens with zero attached hydrogens (tertiary/aromatic N) is 2. The van der Waals surface area contributed by atoms with Crippen molar-refractivity contribution < 1.29 is 18.0 Å². The molecule has 2 heterocycles. The molecule has 0 radical (unpaired) electrons. The van der Waals surface area contributed by atoms with E-state index in [1.54, 1.807) is 11.0 Å². The van der Waals surface area contributed by atoms with Crippen molar-refractivity contribution in [2.45, 2.75) is 19.3 Å². The molecule has 0 atom stereocenters. The van der Waals surface area contributed by atoms with E-state index in [4.69, 9.17) is 11.6 Å². The molecule has 140 valence electrons. The van der Waals surface area contributed by atoms with Crippen LogP contribution in [0.5, 0.6) is 0 Å². The molecule has 27 heavy (non-hydrogen) atoms. The number of hydrogen-bond donors (Lipinski definition) is 0. The number of carbonyl (C=O) groups excluding carboxylic acids is 2. The summed E-state index contributed by atoms with van der Waals surface area (Å²) in [4.78, 5) is 26.9. The highest BCUT2D eigenvalue weighted by molar-refractivity contribution is 7.94. The SMILES string of the molecule is O=C(c1ccc(Cl)c(N2C(=O)CCS2(=O)=O)c1)N1CCCc2ccccc21. The smallest absolute Gasteiger partial charge is 0.258 e. The Bertz CT molecular complexity index is 1050. The molecule has 8 heteroatoms. The number of benzene rings is 2. The Labute approximate surface area is 162 Å². The number of fused-ring (bicyclic) bond motifs is 1. The Morgan fingerprint density at radius 2 is 1.81 bits per heavy atom. The fourth-order valence-corrected chi connectivity index (χ4v) is 5.27. The van der Waals surface area contributed by atoms with E-state index in [-0.39, 0.29) is 28.8 Å². The quantitative estimate of drug-likeness (QED) is 0.771. The van der Waals surface area contributed by atoms with Gasteiger partial charge in [-0.3, -0.25) is 9.59 Å². The first kappa shape index (κ1) is 18.0. The first-order valence-electron chi connectivity index (χ1n) is 8.63. The van der Waals surface area contributed by atoms with E-state index in [0.29, 0.717) is 12.1 Å². The molecule has 4 rings (SSSR count). The molecule has 2 amide bonds. The highest BCUT2D eigenvalue weighted by Crippen LogP contribution is 2.34. The van der Waals surface area contributed by atoms with Crippen LogP contribution in [0.2, 0.25) is 5.02 Å². The van der Waals surface area contributed by atoms with E-state index in [9.17, 15) is 18.0 Å². The van der Waals surface area contributed by atoms with Crippen LogP contribution in [-0.2, 0) is 21.2 Å². The number of para-hydroxylation sites is 1. The van der Waals surface area contributed by atoms with E-state index >= 15 is 0 Å². The molecular formula is C19H17ClN2O4S. The Kier molecular flexibility index (Phi) is 4.44. The number of carbonyl (C=O) groups is 2. The van der Waals surface area contributed by atoms with Crippen LogP contribution in [0.4, 0.5) is 11.4 Å². The molecule has 6 nitrogen and oxygen atoms in total. The van der Waals surface area contributed by atoms with Gasteiger partial charge in [-0.15, -0.1) is 0 Å². The Balaban J connectivity index is 1.74. The summed E-state index contributed by atoms with van der Waals surface area (Å²) in [5.74, 6) is -1.03. The van der Waals surface area contributed by atoms with Crippen molar-refractivity contribution in [2.24, 2.45) is 0 Å². The second-order valence-electron chi connectivity index (χ2n) is 6.58. The summed E-state index contributed by atoms with van der Waals surface area (Å²) in [6, 6.07) is 12.1. The van der Waals surface area contributed by atoms with Gasteiger partial charge in [0.15, 0.2) is 0 Å². The van der Waals surface area contributed by atoms with Gasteiger partial charge in [-0.2, -0.15) is 0 Å². The topological polar surface area (TPSA) is 74.8 Å². The fourth-order valence-electron chi connectivity index (χ4n) is 3.55.